The van der Waals surface area contributed by atoms with Gasteiger partial charge in [-0.15, -0.1) is 0 Å². The molecule has 0 aromatic carbocycles. The molecule has 0 aliphatic heterocycles. The van der Waals surface area contributed by atoms with Crippen LogP contribution in [0.5, 0.6) is 0 Å². The van der Waals surface area contributed by atoms with Crippen LogP contribution in [0.15, 0.2) is 0 Å². The van der Waals surface area contributed by atoms with Crippen LogP contribution < -0.4 is 5.73 Å². The molecule has 0 aromatic heterocycles. The second kappa shape index (κ2) is 8.48. The van der Waals surface area contributed by atoms with Gasteiger partial charge in [0.15, 0.2) is 0 Å². The number of hydrogen-bond donors (Lipinski definition) is 2. The summed E-state index contributed by atoms with van der Waals surface area (Å²) < 4.78 is 0. The monoisotopic (exact) mass is 188 g/mol. The van der Waals surface area contributed by atoms with E-state index in [1.165, 1.54) is 6.42 Å². The molecule has 0 rings (SSSR count). The summed E-state index contributed by atoms with van der Waals surface area (Å²) in [7, 11) is 0. The van der Waals surface area contributed by atoms with Gasteiger partial charge in [0.2, 0.25) is 0 Å². The molecule has 0 bridgehead atoms. The standard InChI is InChI=1S/C10H24N2O/c1-3-7-12(8-4-6-11)9-5-10(2)13/h10,13H,3-9,11H2,1-2H3. The van der Waals surface area contributed by atoms with E-state index < -0.39 is 0 Å². The average Bonchev–Trinajstić information content (AvgIpc) is 2.09. The lowest BCUT2D eigenvalue weighted by Gasteiger charge is -2.21. The van der Waals surface area contributed by atoms with Gasteiger partial charge >= 0.3 is 0 Å². The first-order chi connectivity index (χ1) is 6.20. The summed E-state index contributed by atoms with van der Waals surface area (Å²) in [6.45, 7) is 7.95. The van der Waals surface area contributed by atoms with E-state index >= 15 is 0 Å². The van der Waals surface area contributed by atoms with Crippen LogP contribution in [0, 0.1) is 0 Å². The third-order valence-corrected chi connectivity index (χ3v) is 2.08. The lowest BCUT2D eigenvalue weighted by atomic mass is 10.2. The predicted octanol–water partition coefficient (Wildman–Crippen LogP) is 0.818. The van der Waals surface area contributed by atoms with Gasteiger partial charge in [0.25, 0.3) is 0 Å². The Balaban J connectivity index is 3.53. The molecule has 80 valence electrons. The number of rotatable bonds is 8. The minimum atomic E-state index is -0.183. The second-order valence-electron chi connectivity index (χ2n) is 3.62. The smallest absolute Gasteiger partial charge is 0.0524 e. The molecule has 0 saturated carbocycles. The van der Waals surface area contributed by atoms with Gasteiger partial charge in [-0.3, -0.25) is 0 Å². The van der Waals surface area contributed by atoms with E-state index in [-0.39, 0.29) is 6.10 Å². The summed E-state index contributed by atoms with van der Waals surface area (Å²) in [6.07, 6.45) is 2.91. The zero-order valence-electron chi connectivity index (χ0n) is 9.00. The third kappa shape index (κ3) is 8.22. The molecule has 0 amide bonds. The van der Waals surface area contributed by atoms with Crippen LogP contribution in [-0.2, 0) is 0 Å². The molecule has 0 heterocycles. The van der Waals surface area contributed by atoms with Crippen molar-refractivity contribution in [3.8, 4) is 0 Å². The van der Waals surface area contributed by atoms with Crippen LogP contribution >= 0.6 is 0 Å². The number of hydrogen-bond acceptors (Lipinski definition) is 3. The Kier molecular flexibility index (Phi) is 8.40. The minimum Gasteiger partial charge on any atom is -0.393 e. The van der Waals surface area contributed by atoms with Crippen molar-refractivity contribution in [2.45, 2.75) is 39.2 Å². The van der Waals surface area contributed by atoms with Crippen molar-refractivity contribution >= 4 is 0 Å². The van der Waals surface area contributed by atoms with Gasteiger partial charge in [0, 0.05) is 6.54 Å². The Hall–Kier alpha value is -0.120. The van der Waals surface area contributed by atoms with Gasteiger partial charge in [-0.05, 0) is 45.8 Å². The van der Waals surface area contributed by atoms with E-state index in [0.29, 0.717) is 0 Å². The summed E-state index contributed by atoms with van der Waals surface area (Å²) in [5.41, 5.74) is 5.45. The fourth-order valence-electron chi connectivity index (χ4n) is 1.34. The SMILES string of the molecule is CCCN(CCCN)CCC(C)O. The number of aliphatic hydroxyl groups excluding tert-OH is 1. The molecule has 0 fully saturated rings. The molecule has 3 heteroatoms. The quantitative estimate of drug-likeness (QED) is 0.593. The Morgan fingerprint density at radius 1 is 1.31 bits per heavy atom. The summed E-state index contributed by atoms with van der Waals surface area (Å²) in [5.74, 6) is 0. The molecule has 0 spiro atoms. The maximum absolute atomic E-state index is 9.14. The van der Waals surface area contributed by atoms with Crippen molar-refractivity contribution in [1.82, 2.24) is 4.90 Å². The molecule has 3 N–H and O–H groups in total. The van der Waals surface area contributed by atoms with Gasteiger partial charge in [0.1, 0.15) is 0 Å². The van der Waals surface area contributed by atoms with Crippen molar-refractivity contribution in [1.29, 1.82) is 0 Å². The zero-order valence-corrected chi connectivity index (χ0v) is 9.00. The average molecular weight is 188 g/mol. The molecule has 13 heavy (non-hydrogen) atoms. The molecule has 0 saturated heterocycles. The summed E-state index contributed by atoms with van der Waals surface area (Å²) >= 11 is 0. The highest BCUT2D eigenvalue weighted by Crippen LogP contribution is 1.98. The Bertz CT molecular complexity index is 107. The van der Waals surface area contributed by atoms with Gasteiger partial charge in [-0.25, -0.2) is 0 Å². The number of nitrogens with zero attached hydrogens (tertiary/aromatic N) is 1. The van der Waals surface area contributed by atoms with Gasteiger partial charge in [0.05, 0.1) is 6.10 Å². The van der Waals surface area contributed by atoms with Gasteiger partial charge in [-0.2, -0.15) is 0 Å². The van der Waals surface area contributed by atoms with Crippen molar-refractivity contribution in [3.63, 3.8) is 0 Å². The highest BCUT2D eigenvalue weighted by atomic mass is 16.3. The number of aliphatic hydroxyl groups is 1. The molecule has 1 atom stereocenters. The molecule has 0 radical (unpaired) electrons. The topological polar surface area (TPSA) is 49.5 Å². The molecule has 1 unspecified atom stereocenters. The van der Waals surface area contributed by atoms with E-state index in [4.69, 9.17) is 10.8 Å². The fraction of sp³-hybridized carbons (Fsp3) is 1.00. The van der Waals surface area contributed by atoms with E-state index in [1.807, 2.05) is 6.92 Å². The zero-order chi connectivity index (χ0) is 10.1. The van der Waals surface area contributed by atoms with Crippen LogP contribution in [0.25, 0.3) is 0 Å². The molecule has 0 aliphatic rings. The van der Waals surface area contributed by atoms with Gasteiger partial charge in [-0.1, -0.05) is 6.92 Å². The molecular weight excluding hydrogens is 164 g/mol. The van der Waals surface area contributed by atoms with E-state index in [1.54, 1.807) is 0 Å². The first-order valence-corrected chi connectivity index (χ1v) is 5.31. The molecule has 3 nitrogen and oxygen atoms in total. The minimum absolute atomic E-state index is 0.183. The molecular formula is C10H24N2O. The first-order valence-electron chi connectivity index (χ1n) is 5.31. The maximum Gasteiger partial charge on any atom is 0.0524 e. The van der Waals surface area contributed by atoms with Crippen LogP contribution in [0.3, 0.4) is 0 Å². The van der Waals surface area contributed by atoms with E-state index in [2.05, 4.69) is 11.8 Å². The Morgan fingerprint density at radius 3 is 2.46 bits per heavy atom. The summed E-state index contributed by atoms with van der Waals surface area (Å²) in [4.78, 5) is 2.37. The second-order valence-corrected chi connectivity index (χ2v) is 3.62. The highest BCUT2D eigenvalue weighted by Gasteiger charge is 2.04. The maximum atomic E-state index is 9.14. The molecule has 0 aliphatic carbocycles. The summed E-state index contributed by atoms with van der Waals surface area (Å²) in [6, 6.07) is 0. The van der Waals surface area contributed by atoms with Crippen molar-refractivity contribution in [2.75, 3.05) is 26.2 Å². The fourth-order valence-corrected chi connectivity index (χ4v) is 1.34. The van der Waals surface area contributed by atoms with Crippen molar-refractivity contribution in [2.24, 2.45) is 5.73 Å². The first kappa shape index (κ1) is 12.9. The Morgan fingerprint density at radius 2 is 2.00 bits per heavy atom. The largest absolute Gasteiger partial charge is 0.393 e. The van der Waals surface area contributed by atoms with Crippen LogP contribution in [0.1, 0.15) is 33.1 Å². The van der Waals surface area contributed by atoms with Crippen LogP contribution in [0.4, 0.5) is 0 Å². The highest BCUT2D eigenvalue weighted by molar-refractivity contribution is 4.59. The summed E-state index contributed by atoms with van der Waals surface area (Å²) in [5, 5.41) is 9.14. The van der Waals surface area contributed by atoms with E-state index in [9.17, 15) is 0 Å². The van der Waals surface area contributed by atoms with Crippen molar-refractivity contribution < 1.29 is 5.11 Å². The number of nitrogens with two attached hydrogens (primary N) is 1. The predicted molar refractivity (Wildman–Crippen MR) is 56.7 cm³/mol. The van der Waals surface area contributed by atoms with E-state index in [0.717, 1.165) is 39.0 Å². The Labute approximate surface area is 81.9 Å². The lowest BCUT2D eigenvalue weighted by molar-refractivity contribution is 0.155. The molecule has 0 aromatic rings. The van der Waals surface area contributed by atoms with Crippen molar-refractivity contribution in [3.05, 3.63) is 0 Å². The van der Waals surface area contributed by atoms with Gasteiger partial charge < -0.3 is 15.7 Å². The normalized spacial score (nSPS) is 13.6. The third-order valence-electron chi connectivity index (χ3n) is 2.08. The lowest BCUT2D eigenvalue weighted by Crippen LogP contribution is -2.29. The van der Waals surface area contributed by atoms with Crippen LogP contribution in [0.2, 0.25) is 0 Å². The van der Waals surface area contributed by atoms with Crippen LogP contribution in [-0.4, -0.2) is 42.3 Å².